The molecule has 2 atom stereocenters. The van der Waals surface area contributed by atoms with Crippen molar-refractivity contribution in [2.24, 2.45) is 0 Å². The van der Waals surface area contributed by atoms with Crippen LogP contribution in [0.4, 0.5) is 0 Å². The lowest BCUT2D eigenvalue weighted by molar-refractivity contribution is -0.122. The summed E-state index contributed by atoms with van der Waals surface area (Å²) in [6.07, 6.45) is 66.5. The first kappa shape index (κ1) is 55.0. The number of unbranched alkanes of at least 4 members (excludes halogenated alkanes) is 16. The van der Waals surface area contributed by atoms with Gasteiger partial charge in [0.2, 0.25) is 5.91 Å². The van der Waals surface area contributed by atoms with Gasteiger partial charge in [-0.15, -0.1) is 0 Å². The number of hydrogen-bond donors (Lipinski definition) is 3. The normalized spacial score (nSPS) is 14.2. The molecule has 0 saturated heterocycles. The fourth-order valence-electron chi connectivity index (χ4n) is 6.25. The van der Waals surface area contributed by atoms with Gasteiger partial charge in [0.1, 0.15) is 0 Å². The Morgan fingerprint density at radius 3 is 1.29 bits per heavy atom. The molecule has 0 saturated carbocycles. The monoisotopic (exact) mass is 824 g/mol. The first-order chi connectivity index (χ1) is 28.3. The zero-order chi connectivity index (χ0) is 42.5. The third kappa shape index (κ3) is 44.1. The zero-order valence-corrected chi connectivity index (χ0v) is 37.7. The first-order valence-electron chi connectivity index (χ1n) is 23.1. The molecule has 330 valence electrons. The maximum absolute atomic E-state index is 12.6. The van der Waals surface area contributed by atoms with Crippen molar-refractivity contribution in [3.63, 3.8) is 0 Å². The molecule has 2 unspecified atom stereocenters. The van der Waals surface area contributed by atoms with Crippen LogP contribution in [0.5, 0.6) is 0 Å². The molecule has 7 heteroatoms. The van der Waals surface area contributed by atoms with Crippen molar-refractivity contribution in [2.45, 2.75) is 199 Å². The van der Waals surface area contributed by atoms with Gasteiger partial charge in [0.05, 0.1) is 17.9 Å². The van der Waals surface area contributed by atoms with Crippen LogP contribution in [0.2, 0.25) is 0 Å². The fourth-order valence-corrected chi connectivity index (χ4v) is 6.98. The lowest BCUT2D eigenvalue weighted by atomic mass is 10.1. The van der Waals surface area contributed by atoms with Gasteiger partial charge in [-0.1, -0.05) is 194 Å². The third-order valence-corrected chi connectivity index (χ3v) is 10.4. The summed E-state index contributed by atoms with van der Waals surface area (Å²) in [4.78, 5) is 12.6. The van der Waals surface area contributed by atoms with Crippen molar-refractivity contribution in [3.05, 3.63) is 109 Å². The van der Waals surface area contributed by atoms with Crippen molar-refractivity contribution < 1.29 is 22.9 Å². The number of aliphatic hydroxyl groups is 1. The van der Waals surface area contributed by atoms with Crippen molar-refractivity contribution >= 4 is 16.0 Å². The van der Waals surface area contributed by atoms with Gasteiger partial charge in [0.15, 0.2) is 0 Å². The molecular weight excluding hydrogens is 739 g/mol. The highest BCUT2D eigenvalue weighted by Crippen LogP contribution is 2.12. The molecule has 58 heavy (non-hydrogen) atoms. The summed E-state index contributed by atoms with van der Waals surface area (Å²) in [5.74, 6) is -1.05. The molecule has 0 bridgehead atoms. The van der Waals surface area contributed by atoms with Crippen molar-refractivity contribution in [1.29, 1.82) is 0 Å². The molecule has 0 aromatic rings. The molecule has 3 N–H and O–H groups in total. The van der Waals surface area contributed by atoms with Crippen LogP contribution in [0.15, 0.2) is 109 Å². The molecule has 0 heterocycles. The van der Waals surface area contributed by atoms with Crippen LogP contribution >= 0.6 is 0 Å². The average Bonchev–Trinajstić information content (AvgIpc) is 3.19. The van der Waals surface area contributed by atoms with Crippen LogP contribution < -0.4 is 5.32 Å². The second kappa shape index (κ2) is 43.6. The molecule has 0 fully saturated rings. The summed E-state index contributed by atoms with van der Waals surface area (Å²) >= 11 is 0. The van der Waals surface area contributed by atoms with E-state index in [2.05, 4.69) is 116 Å². The molecular formula is C51H85NO5S. The smallest absolute Gasteiger partial charge is 0.267 e. The minimum Gasteiger partial charge on any atom is -0.387 e. The van der Waals surface area contributed by atoms with Gasteiger partial charge in [-0.2, -0.15) is 8.42 Å². The molecule has 0 aliphatic heterocycles. The number of nitrogens with one attached hydrogen (secondary N) is 1. The predicted octanol–water partition coefficient (Wildman–Crippen LogP) is 14.3. The maximum Gasteiger partial charge on any atom is 0.267 e. The Bertz CT molecular complexity index is 1320. The van der Waals surface area contributed by atoms with Gasteiger partial charge < -0.3 is 10.4 Å². The summed E-state index contributed by atoms with van der Waals surface area (Å²) in [7, 11) is -4.38. The third-order valence-electron chi connectivity index (χ3n) is 9.66. The highest BCUT2D eigenvalue weighted by atomic mass is 32.2. The molecule has 0 aliphatic carbocycles. The van der Waals surface area contributed by atoms with E-state index in [-0.39, 0.29) is 12.3 Å². The fraction of sp³-hybridized carbons (Fsp3) is 0.627. The SMILES string of the molecule is CC/C=C\C/C=C\C/C=C\C/C=C\C/C=C\C/C=C\CCCCCCC(=O)NC(CS(=O)(=O)O)C(O)/C=C/CC/C=C/CC/C=C/CCCCCCCCCCCC. The Balaban J connectivity index is 4.04. The van der Waals surface area contributed by atoms with Crippen molar-refractivity contribution in [1.82, 2.24) is 5.32 Å². The van der Waals surface area contributed by atoms with Crippen LogP contribution in [0.25, 0.3) is 0 Å². The van der Waals surface area contributed by atoms with Gasteiger partial charge >= 0.3 is 0 Å². The molecule has 0 radical (unpaired) electrons. The highest BCUT2D eigenvalue weighted by Gasteiger charge is 2.24. The second-order valence-electron chi connectivity index (χ2n) is 15.3. The van der Waals surface area contributed by atoms with E-state index in [0.717, 1.165) is 83.5 Å². The van der Waals surface area contributed by atoms with Gasteiger partial charge in [-0.3, -0.25) is 9.35 Å². The number of allylic oxidation sites excluding steroid dienone is 17. The van der Waals surface area contributed by atoms with Crippen molar-refractivity contribution in [2.75, 3.05) is 5.75 Å². The maximum atomic E-state index is 12.6. The van der Waals surface area contributed by atoms with Crippen LogP contribution in [0.1, 0.15) is 187 Å². The van der Waals surface area contributed by atoms with Crippen LogP contribution in [-0.2, 0) is 14.9 Å². The minimum absolute atomic E-state index is 0.248. The van der Waals surface area contributed by atoms with Gasteiger partial charge in [-0.05, 0) is 96.3 Å². The van der Waals surface area contributed by atoms with E-state index >= 15 is 0 Å². The first-order valence-corrected chi connectivity index (χ1v) is 24.7. The van der Waals surface area contributed by atoms with E-state index in [1.54, 1.807) is 6.08 Å². The lowest BCUT2D eigenvalue weighted by Crippen LogP contribution is -2.46. The highest BCUT2D eigenvalue weighted by molar-refractivity contribution is 7.85. The van der Waals surface area contributed by atoms with Crippen molar-refractivity contribution in [3.8, 4) is 0 Å². The number of carbonyl (C=O) groups is 1. The summed E-state index contributed by atoms with van der Waals surface area (Å²) in [5.41, 5.74) is 0. The van der Waals surface area contributed by atoms with Gasteiger partial charge in [0, 0.05) is 6.42 Å². The molecule has 1 amide bonds. The molecule has 6 nitrogen and oxygen atoms in total. The summed E-state index contributed by atoms with van der Waals surface area (Å²) in [5, 5.41) is 13.2. The molecule has 0 spiro atoms. The van der Waals surface area contributed by atoms with E-state index < -0.39 is 28.0 Å². The Morgan fingerprint density at radius 1 is 0.483 bits per heavy atom. The Kier molecular flexibility index (Phi) is 41.3. The Morgan fingerprint density at radius 2 is 0.845 bits per heavy atom. The number of hydrogen-bond acceptors (Lipinski definition) is 4. The molecule has 0 rings (SSSR count). The van der Waals surface area contributed by atoms with Crippen LogP contribution in [0, 0.1) is 0 Å². The standard InChI is InChI=1S/C51H85NO5S/c1-3-5-7-9-11-13-15-17-19-21-23-25-26-27-29-31-33-35-37-39-41-43-45-47-51(54)52-49(48-58(55,56)57)50(53)46-44-42-40-38-36-34-32-30-28-24-22-20-18-16-14-12-10-8-6-4-2/h5,7,11,13,17,19,23,25,27-30,33,35-36,38,44,46,49-50,53H,3-4,6,8-10,12,14-16,18,20-22,24,26,31-32,34,37,39-43,45,47-48H2,1-2H3,(H,52,54)(H,55,56,57)/b7-5-,13-11-,19-17-,25-23-,29-27-,30-28+,35-33-,38-36+,46-44+. The van der Waals surface area contributed by atoms with Crippen LogP contribution in [-0.4, -0.2) is 41.9 Å². The minimum atomic E-state index is -4.38. The average molecular weight is 824 g/mol. The number of rotatable bonds is 40. The summed E-state index contributed by atoms with van der Waals surface area (Å²) in [6, 6.07) is -1.10. The molecule has 0 aromatic heterocycles. The number of amides is 1. The second-order valence-corrected chi connectivity index (χ2v) is 16.8. The van der Waals surface area contributed by atoms with Crippen LogP contribution in [0.3, 0.4) is 0 Å². The largest absolute Gasteiger partial charge is 0.387 e. The van der Waals surface area contributed by atoms with E-state index in [1.165, 1.54) is 76.7 Å². The summed E-state index contributed by atoms with van der Waals surface area (Å²) in [6.45, 7) is 4.42. The zero-order valence-electron chi connectivity index (χ0n) is 36.9. The van der Waals surface area contributed by atoms with E-state index in [9.17, 15) is 22.9 Å². The van der Waals surface area contributed by atoms with E-state index in [1.807, 2.05) is 0 Å². The lowest BCUT2D eigenvalue weighted by Gasteiger charge is -2.21. The summed E-state index contributed by atoms with van der Waals surface area (Å²) < 4.78 is 32.6. The predicted molar refractivity (Wildman–Crippen MR) is 253 cm³/mol. The quantitative estimate of drug-likeness (QED) is 0.0324. The Hall–Kier alpha value is -3.00. The Labute approximate surface area is 357 Å². The topological polar surface area (TPSA) is 104 Å². The molecule has 0 aromatic carbocycles. The van der Waals surface area contributed by atoms with Gasteiger partial charge in [0.25, 0.3) is 10.1 Å². The van der Waals surface area contributed by atoms with E-state index in [0.29, 0.717) is 12.8 Å². The van der Waals surface area contributed by atoms with Gasteiger partial charge in [-0.25, -0.2) is 0 Å². The van der Waals surface area contributed by atoms with E-state index in [4.69, 9.17) is 0 Å². The molecule has 0 aliphatic rings. The number of aliphatic hydroxyl groups excluding tert-OH is 1. The number of carbonyl (C=O) groups excluding carboxylic acids is 1.